The molecule has 4 bridgehead atoms. The number of allylic oxidation sites excluding steroid dienone is 8. The van der Waals surface area contributed by atoms with Crippen LogP contribution in [0.4, 0.5) is 0 Å². The van der Waals surface area contributed by atoms with Crippen molar-refractivity contribution in [2.24, 2.45) is 16.7 Å². The highest BCUT2D eigenvalue weighted by Gasteiger charge is 2.51. The lowest BCUT2D eigenvalue weighted by Gasteiger charge is -2.36. The first-order valence-corrected chi connectivity index (χ1v) is 17.7. The van der Waals surface area contributed by atoms with Crippen LogP contribution in [-0.4, -0.2) is 82.7 Å². The number of aliphatic hydroxyl groups excluding tert-OH is 2. The van der Waals surface area contributed by atoms with Gasteiger partial charge in [0, 0.05) is 18.9 Å². The normalized spacial score (nSPS) is 25.3. The Morgan fingerprint density at radius 3 is 1.71 bits per heavy atom. The Hall–Kier alpha value is -5.60. The molecule has 14 heteroatoms. The summed E-state index contributed by atoms with van der Waals surface area (Å²) >= 11 is 0. The Balaban J connectivity index is 2.02. The molecule has 0 aromatic carbocycles. The zero-order valence-electron chi connectivity index (χ0n) is 32.1. The van der Waals surface area contributed by atoms with Crippen molar-refractivity contribution in [2.45, 2.75) is 78.3 Å². The number of nitrogens with zero attached hydrogens (tertiary/aromatic N) is 2. The second-order valence-corrected chi connectivity index (χ2v) is 13.1. The topological polar surface area (TPSA) is 198 Å². The summed E-state index contributed by atoms with van der Waals surface area (Å²) in [5.41, 5.74) is -3.69. The molecule has 2 aromatic heterocycles. The van der Waals surface area contributed by atoms with Gasteiger partial charge in [-0.25, -0.2) is 19.6 Å². The predicted octanol–water partition coefficient (Wildman–Crippen LogP) is 6.16. The van der Waals surface area contributed by atoms with Gasteiger partial charge in [-0.15, -0.1) is 0 Å². The standard InChI is InChI=1S/C41H50N2O12/c1-8-17-30(44)40(4,38(48)50-6)32-21-13-11-10-12-14-23-34-42-28(25-52-34)37(47)55-33(41(5,39(49)51-7)31(45)18-9-2)22-15-19-27(3)20-16-24-35-43-29(26-53-35)36(46)54-32/h8-19,23-27,30-33,44-45H,20-22H2,1-7H3/b12-10+,13-11-,17-8+,18-9+,19-15-,23-14+,24-16+. The van der Waals surface area contributed by atoms with Gasteiger partial charge in [-0.2, -0.15) is 0 Å². The second kappa shape index (κ2) is 20.7. The minimum Gasteiger partial charge on any atom is -0.468 e. The summed E-state index contributed by atoms with van der Waals surface area (Å²) in [7, 11) is 2.37. The van der Waals surface area contributed by atoms with Gasteiger partial charge in [0.1, 0.15) is 35.6 Å². The number of aromatic nitrogens is 2. The number of hydrogen-bond donors (Lipinski definition) is 2. The van der Waals surface area contributed by atoms with Crippen LogP contribution in [0.3, 0.4) is 0 Å². The number of cyclic esters (lactones) is 2. The fourth-order valence-corrected chi connectivity index (χ4v) is 5.66. The first-order valence-electron chi connectivity index (χ1n) is 17.7. The van der Waals surface area contributed by atoms with E-state index in [0.29, 0.717) is 6.42 Å². The summed E-state index contributed by atoms with van der Waals surface area (Å²) < 4.78 is 32.6. The van der Waals surface area contributed by atoms with E-state index in [1.807, 2.05) is 13.0 Å². The maximum Gasteiger partial charge on any atom is 0.360 e. The largest absolute Gasteiger partial charge is 0.468 e. The van der Waals surface area contributed by atoms with Crippen molar-refractivity contribution in [2.75, 3.05) is 14.2 Å². The van der Waals surface area contributed by atoms with E-state index < -0.39 is 59.1 Å². The summed E-state index contributed by atoms with van der Waals surface area (Å²) in [6, 6.07) is 0. The van der Waals surface area contributed by atoms with E-state index in [-0.39, 0.29) is 41.9 Å². The quantitative estimate of drug-likeness (QED) is 0.176. The molecule has 3 heterocycles. The molecule has 14 nitrogen and oxygen atoms in total. The van der Waals surface area contributed by atoms with Crippen molar-refractivity contribution in [3.63, 3.8) is 0 Å². The average molecular weight is 763 g/mol. The van der Waals surface area contributed by atoms with Gasteiger partial charge in [-0.1, -0.05) is 79.8 Å². The van der Waals surface area contributed by atoms with Gasteiger partial charge in [0.05, 0.1) is 26.4 Å². The maximum absolute atomic E-state index is 13.3. The van der Waals surface area contributed by atoms with Gasteiger partial charge in [-0.3, -0.25) is 9.59 Å². The van der Waals surface area contributed by atoms with Crippen molar-refractivity contribution in [1.82, 2.24) is 9.97 Å². The Bertz CT molecular complexity index is 1830. The fraction of sp³-hybridized carbons (Fsp3) is 0.415. The van der Waals surface area contributed by atoms with E-state index >= 15 is 0 Å². The molecule has 0 radical (unpaired) electrons. The highest BCUT2D eigenvalue weighted by molar-refractivity contribution is 5.88. The molecule has 0 amide bonds. The highest BCUT2D eigenvalue weighted by atomic mass is 16.6. The Kier molecular flexibility index (Phi) is 16.5. The minimum atomic E-state index is -1.70. The minimum absolute atomic E-state index is 0.00299. The lowest BCUT2D eigenvalue weighted by Crippen LogP contribution is -2.50. The Morgan fingerprint density at radius 1 is 0.745 bits per heavy atom. The highest BCUT2D eigenvalue weighted by Crippen LogP contribution is 2.36. The molecule has 2 aromatic rings. The molecule has 296 valence electrons. The average Bonchev–Trinajstić information content (AvgIpc) is 3.85. The zero-order valence-corrected chi connectivity index (χ0v) is 32.1. The molecule has 1 aliphatic rings. The van der Waals surface area contributed by atoms with Gasteiger partial charge < -0.3 is 38.0 Å². The van der Waals surface area contributed by atoms with Crippen LogP contribution in [-0.2, 0) is 28.5 Å². The third kappa shape index (κ3) is 11.2. The van der Waals surface area contributed by atoms with Gasteiger partial charge in [0.15, 0.2) is 11.4 Å². The van der Waals surface area contributed by atoms with E-state index in [9.17, 15) is 29.4 Å². The van der Waals surface area contributed by atoms with Crippen LogP contribution in [0, 0.1) is 16.7 Å². The number of fused-ring (bicyclic) bond motifs is 4. The van der Waals surface area contributed by atoms with Crippen molar-refractivity contribution in [3.8, 4) is 0 Å². The second-order valence-electron chi connectivity index (χ2n) is 13.1. The molecular formula is C41H50N2O12. The van der Waals surface area contributed by atoms with E-state index in [1.165, 1.54) is 46.3 Å². The van der Waals surface area contributed by atoms with E-state index in [1.54, 1.807) is 74.6 Å². The molecule has 0 saturated carbocycles. The molecule has 0 aliphatic carbocycles. The lowest BCUT2D eigenvalue weighted by atomic mass is 9.76. The molecule has 7 atom stereocenters. The smallest absolute Gasteiger partial charge is 0.360 e. The first-order chi connectivity index (χ1) is 26.3. The molecule has 0 saturated heterocycles. The summed E-state index contributed by atoms with van der Waals surface area (Å²) in [4.78, 5) is 61.3. The maximum atomic E-state index is 13.3. The Labute approximate surface area is 320 Å². The number of aliphatic hydroxyl groups is 2. The van der Waals surface area contributed by atoms with Crippen LogP contribution in [0.25, 0.3) is 12.2 Å². The number of methoxy groups -OCH3 is 2. The molecule has 0 spiro atoms. The molecule has 3 rings (SSSR count). The number of carbonyl (C=O) groups excluding carboxylic acids is 4. The summed E-state index contributed by atoms with van der Waals surface area (Å²) in [6.07, 6.45) is 20.3. The zero-order chi connectivity index (χ0) is 40.6. The van der Waals surface area contributed by atoms with Crippen molar-refractivity contribution >= 4 is 36.0 Å². The van der Waals surface area contributed by atoms with Crippen LogP contribution >= 0.6 is 0 Å². The van der Waals surface area contributed by atoms with Gasteiger partial charge in [-0.05, 0) is 46.1 Å². The summed E-state index contributed by atoms with van der Waals surface area (Å²) in [5, 5.41) is 22.1. The van der Waals surface area contributed by atoms with E-state index in [4.69, 9.17) is 27.8 Å². The molecule has 2 N–H and O–H groups in total. The first kappa shape index (κ1) is 43.8. The predicted molar refractivity (Wildman–Crippen MR) is 202 cm³/mol. The number of hydrogen-bond acceptors (Lipinski definition) is 14. The number of oxazole rings is 2. The number of esters is 4. The van der Waals surface area contributed by atoms with Crippen molar-refractivity contribution < 1.29 is 57.2 Å². The molecule has 0 fully saturated rings. The fourth-order valence-electron chi connectivity index (χ4n) is 5.66. The van der Waals surface area contributed by atoms with Crippen LogP contribution in [0.15, 0.2) is 94.3 Å². The summed E-state index contributed by atoms with van der Waals surface area (Å²) in [5.74, 6) is -3.18. The van der Waals surface area contributed by atoms with E-state index in [0.717, 1.165) is 12.5 Å². The molecule has 1 aliphatic heterocycles. The van der Waals surface area contributed by atoms with Crippen LogP contribution in [0.1, 0.15) is 86.6 Å². The van der Waals surface area contributed by atoms with Crippen LogP contribution in [0.2, 0.25) is 0 Å². The molecule has 7 unspecified atom stereocenters. The van der Waals surface area contributed by atoms with Gasteiger partial charge >= 0.3 is 23.9 Å². The third-order valence-corrected chi connectivity index (χ3v) is 9.17. The number of rotatable bonds is 8. The summed E-state index contributed by atoms with van der Waals surface area (Å²) in [6.45, 7) is 8.20. The van der Waals surface area contributed by atoms with Gasteiger partial charge in [0.2, 0.25) is 11.8 Å². The molecular weight excluding hydrogens is 712 g/mol. The third-order valence-electron chi connectivity index (χ3n) is 9.17. The van der Waals surface area contributed by atoms with E-state index in [2.05, 4.69) is 9.97 Å². The SMILES string of the molecule is C/C=C/C(O)C(C)(C(=O)OC)C1C/C=C\C(C)C/C=C/c2nc(co2)C(=O)OC(C(C)(C(=O)OC)C(O)/C=C/C)C\C=C/C=C/C=C/c2nc(co2)C(=O)O1. The van der Waals surface area contributed by atoms with Gasteiger partial charge in [0.25, 0.3) is 0 Å². The van der Waals surface area contributed by atoms with Crippen molar-refractivity contribution in [3.05, 3.63) is 109 Å². The number of carbonyl (C=O) groups is 4. The van der Waals surface area contributed by atoms with Crippen molar-refractivity contribution in [1.29, 1.82) is 0 Å². The van der Waals surface area contributed by atoms with Crippen LogP contribution < -0.4 is 0 Å². The molecule has 55 heavy (non-hydrogen) atoms. The Morgan fingerprint density at radius 2 is 1.22 bits per heavy atom. The van der Waals surface area contributed by atoms with Crippen LogP contribution in [0.5, 0.6) is 0 Å². The number of ether oxygens (including phenoxy) is 4. The monoisotopic (exact) mass is 762 g/mol. The lowest BCUT2D eigenvalue weighted by molar-refractivity contribution is -0.168.